The topological polar surface area (TPSA) is 276 Å². The Bertz CT molecular complexity index is 6560. The van der Waals surface area contributed by atoms with Crippen LogP contribution in [0.15, 0.2) is 296 Å². The minimum atomic E-state index is -0.240. The van der Waals surface area contributed by atoms with Gasteiger partial charge in [0, 0.05) is 27.8 Å². The van der Waals surface area contributed by atoms with Gasteiger partial charge in [0.25, 0.3) is 0 Å². The third-order valence-electron chi connectivity index (χ3n) is 23.2. The van der Waals surface area contributed by atoms with Crippen LogP contribution in [0.1, 0.15) is 274 Å². The predicted molar refractivity (Wildman–Crippen MR) is 578 cm³/mol. The monoisotopic (exact) mass is 1950 g/mol. The van der Waals surface area contributed by atoms with E-state index in [1.54, 1.807) is 125 Å². The van der Waals surface area contributed by atoms with E-state index in [1.165, 1.54) is 67.3 Å². The molecule has 143 heavy (non-hydrogen) atoms. The van der Waals surface area contributed by atoms with Crippen LogP contribution in [0.4, 0.5) is 4.39 Å². The fourth-order valence-electron chi connectivity index (χ4n) is 14.7. The summed E-state index contributed by atoms with van der Waals surface area (Å²) in [5.41, 5.74) is 27.1. The minimum absolute atomic E-state index is 0. The maximum Gasteiger partial charge on any atom is 0.125 e. The van der Waals surface area contributed by atoms with Gasteiger partial charge in [-0.1, -0.05) is 298 Å². The van der Waals surface area contributed by atoms with Crippen LogP contribution in [-0.2, 0) is 48.7 Å². The highest BCUT2D eigenvalue weighted by Crippen LogP contribution is 2.36. The molecule has 0 atom stereocenters. The molecule has 0 radical (unpaired) electrons. The molecule has 0 aliphatic carbocycles. The maximum absolute atomic E-state index is 13.5. The van der Waals surface area contributed by atoms with Crippen molar-refractivity contribution in [2.75, 3.05) is 0 Å². The Kier molecular flexibility index (Phi) is 38.8. The van der Waals surface area contributed by atoms with Gasteiger partial charge < -0.3 is 0 Å². The molecule has 0 aliphatic rings. The van der Waals surface area contributed by atoms with Crippen LogP contribution < -0.4 is 0 Å². The van der Waals surface area contributed by atoms with Crippen LogP contribution in [0.3, 0.4) is 0 Å². The number of para-hydroxylation sites is 1. The third-order valence-corrected chi connectivity index (χ3v) is 23.6. The SMILES string of the molecule is C.C.CC(C)(C)c1cc(-n2cnnc2)ccc1Cl.CC(C)(C)c1cc(F)cc(-n2cnnc2)c1.CC(C)(C)c1ccc(-n2cnnc2)cc1.CC(C)(C)c1cccc(-n2cnnc2)c1.CC(C)(C)c1ccccc1-n1cnnc1.Cc1c(-n2cnnc2)cccc1C(C)(C)C.Cc1cc(-n2cnnc2)cc(C(C)(C)C)c1.Cc1ccc(C(C)(C)C)cc1-n1cnnc1.Cc1ccc(C(C)(C)C)cc1-n1cnnc1. The minimum Gasteiger partial charge on any atom is -0.288 e. The van der Waals surface area contributed by atoms with Gasteiger partial charge in [0.1, 0.15) is 120 Å². The van der Waals surface area contributed by atoms with Crippen LogP contribution in [0, 0.1) is 33.5 Å². The molecule has 0 saturated carbocycles. The van der Waals surface area contributed by atoms with E-state index in [0.29, 0.717) is 0 Å². The van der Waals surface area contributed by atoms with E-state index >= 15 is 0 Å². The Morgan fingerprint density at radius 3 is 0.860 bits per heavy atom. The Labute approximate surface area is 852 Å². The number of nitrogens with zero attached hydrogens (tertiary/aromatic N) is 27. The van der Waals surface area contributed by atoms with Gasteiger partial charge in [0.2, 0.25) is 0 Å². The number of benzene rings is 9. The van der Waals surface area contributed by atoms with Gasteiger partial charge >= 0.3 is 0 Å². The molecule has 18 rings (SSSR count). The average molecular weight is 1950 g/mol. The second-order valence-corrected chi connectivity index (χ2v) is 44.5. The first-order chi connectivity index (χ1) is 66.1. The number of hydrogen-bond acceptors (Lipinski definition) is 18. The average Bonchev–Trinajstić information content (AvgIpc) is 1.75. The molecule has 0 N–H and O–H groups in total. The van der Waals surface area contributed by atoms with E-state index in [9.17, 15) is 4.39 Å². The Balaban J connectivity index is 0.000000196. The fraction of sp³-hybridized carbons (Fsp3) is 0.368. The number of hydrogen-bond donors (Lipinski definition) is 0. The first-order valence-electron chi connectivity index (χ1n) is 47.1. The van der Waals surface area contributed by atoms with Crippen molar-refractivity contribution in [1.82, 2.24) is 133 Å². The summed E-state index contributed by atoms with van der Waals surface area (Å²) >= 11 is 6.20. The summed E-state index contributed by atoms with van der Waals surface area (Å²) in [6.07, 6.45) is 30.6. The summed E-state index contributed by atoms with van der Waals surface area (Å²) < 4.78 is 30.6. The molecular formula is C114H149ClFN27. The molecule has 754 valence electrons. The first kappa shape index (κ1) is 114. The predicted octanol–water partition coefficient (Wildman–Crippen LogP) is 26.4. The van der Waals surface area contributed by atoms with Crippen molar-refractivity contribution >= 4 is 11.6 Å². The molecule has 0 fully saturated rings. The van der Waals surface area contributed by atoms with Crippen LogP contribution in [-0.4, -0.2) is 133 Å². The Morgan fingerprint density at radius 1 is 0.203 bits per heavy atom. The van der Waals surface area contributed by atoms with Gasteiger partial charge in [-0.3, -0.25) is 41.1 Å². The summed E-state index contributed by atoms with van der Waals surface area (Å²) in [5.74, 6) is -0.240. The number of aromatic nitrogens is 27. The molecule has 9 aromatic carbocycles. The van der Waals surface area contributed by atoms with Crippen LogP contribution >= 0.6 is 11.6 Å². The van der Waals surface area contributed by atoms with Crippen molar-refractivity contribution in [2.24, 2.45) is 0 Å². The molecule has 29 heteroatoms. The highest BCUT2D eigenvalue weighted by molar-refractivity contribution is 6.31. The maximum atomic E-state index is 13.5. The summed E-state index contributed by atoms with van der Waals surface area (Å²) in [5, 5.41) is 69.4. The molecule has 18 aromatic rings. The third kappa shape index (κ3) is 33.0. The Hall–Kier alpha value is -14.5. The molecule has 0 unspecified atom stereocenters. The van der Waals surface area contributed by atoms with E-state index < -0.39 is 0 Å². The summed E-state index contributed by atoms with van der Waals surface area (Å²) in [6, 6.07) is 62.2. The molecule has 0 spiro atoms. The van der Waals surface area contributed by atoms with E-state index in [1.807, 2.05) is 60.8 Å². The lowest BCUT2D eigenvalue weighted by Gasteiger charge is -2.23. The largest absolute Gasteiger partial charge is 0.288 e. The lowest BCUT2D eigenvalue weighted by atomic mass is 9.83. The number of halogens is 2. The number of aryl methyl sites for hydroxylation is 3. The van der Waals surface area contributed by atoms with Crippen molar-refractivity contribution in [2.45, 2.75) is 278 Å². The lowest BCUT2D eigenvalue weighted by Crippen LogP contribution is -2.14. The van der Waals surface area contributed by atoms with Gasteiger partial charge in [-0.05, 0) is 246 Å². The van der Waals surface area contributed by atoms with E-state index in [-0.39, 0.29) is 69.4 Å². The molecule has 27 nitrogen and oxygen atoms in total. The molecule has 0 bridgehead atoms. The van der Waals surface area contributed by atoms with Crippen molar-refractivity contribution < 1.29 is 4.39 Å². The van der Waals surface area contributed by atoms with Gasteiger partial charge in [-0.2, -0.15) is 0 Å². The molecule has 9 heterocycles. The van der Waals surface area contributed by atoms with E-state index in [2.05, 4.69) is 452 Å². The summed E-state index contributed by atoms with van der Waals surface area (Å²) in [6.45, 7) is 67.5. The Morgan fingerprint density at radius 2 is 0.483 bits per heavy atom. The van der Waals surface area contributed by atoms with Crippen molar-refractivity contribution in [3.8, 4) is 51.2 Å². The first-order valence-corrected chi connectivity index (χ1v) is 47.5. The van der Waals surface area contributed by atoms with E-state index in [0.717, 1.165) is 67.3 Å². The highest BCUT2D eigenvalue weighted by Gasteiger charge is 2.25. The van der Waals surface area contributed by atoms with Crippen molar-refractivity contribution in [3.63, 3.8) is 0 Å². The zero-order chi connectivity index (χ0) is 103. The smallest absolute Gasteiger partial charge is 0.125 e. The number of rotatable bonds is 9. The normalized spacial score (nSPS) is 11.6. The standard InChI is InChI=1S/4C13H17N3.C12H14ClN3.C12H14FN3.3C12H15N3.2CH4/c1-10-5-11(13(2,3)4)7-12(6-10)16-8-14-15-9-16;2*1-10-5-6-11(13(2,3)4)7-12(10)16-8-14-15-9-16;1-10-11(13(2,3)4)6-5-7-12(10)16-8-14-15-9-16;1-12(2,3)10-6-9(4-5-11(10)13)16-7-14-15-8-16;1-12(2,3)9-4-10(13)6-11(5-9)16-7-14-15-8-16;1-12(2,3)10-4-6-11(7-5-10)15-8-13-14-9-15;1-12(2,3)10-5-4-6-11(7-10)15-8-13-14-9-15;1-12(2,3)10-6-4-5-7-11(10)15-8-13-14-9-15;;/h4*5-9H,1-4H3;2*4-8H,1-3H3;3*4-9H,1-3H3;2*1H4. The highest BCUT2D eigenvalue weighted by atomic mass is 35.5. The molecule has 0 aliphatic heterocycles. The van der Waals surface area contributed by atoms with Gasteiger partial charge in [-0.25, -0.2) is 4.39 Å². The van der Waals surface area contributed by atoms with Crippen molar-refractivity contribution in [3.05, 3.63) is 379 Å². The van der Waals surface area contributed by atoms with Gasteiger partial charge in [-0.15, -0.1) is 91.8 Å². The van der Waals surface area contributed by atoms with Crippen LogP contribution in [0.2, 0.25) is 5.02 Å². The zero-order valence-electron chi connectivity index (χ0n) is 88.0. The van der Waals surface area contributed by atoms with Crippen molar-refractivity contribution in [1.29, 1.82) is 0 Å². The quantitative estimate of drug-likeness (QED) is 0.130. The van der Waals surface area contributed by atoms with E-state index in [4.69, 9.17) is 11.6 Å². The van der Waals surface area contributed by atoms with Crippen LogP contribution in [0.25, 0.3) is 51.2 Å². The molecule has 0 saturated heterocycles. The van der Waals surface area contributed by atoms with Gasteiger partial charge in [0.15, 0.2) is 0 Å². The second kappa shape index (κ2) is 48.8. The van der Waals surface area contributed by atoms with Gasteiger partial charge in [0.05, 0.1) is 28.4 Å². The van der Waals surface area contributed by atoms with Crippen LogP contribution in [0.5, 0.6) is 0 Å². The fourth-order valence-corrected chi connectivity index (χ4v) is 15.1. The lowest BCUT2D eigenvalue weighted by molar-refractivity contribution is 0.571. The molecular weight excluding hydrogens is 1800 g/mol. The summed E-state index contributed by atoms with van der Waals surface area (Å²) in [4.78, 5) is 0. The molecule has 9 aromatic heterocycles. The molecule has 0 amide bonds. The summed E-state index contributed by atoms with van der Waals surface area (Å²) in [7, 11) is 0. The second-order valence-electron chi connectivity index (χ2n) is 44.1. The zero-order valence-corrected chi connectivity index (χ0v) is 88.8.